The Kier molecular flexibility index (Phi) is 3.78. The van der Waals surface area contributed by atoms with Crippen LogP contribution in [0.1, 0.15) is 22.7 Å². The molecule has 1 N–H and O–H groups in total. The molecule has 0 saturated carbocycles. The average molecular weight is 289 g/mol. The average Bonchev–Trinajstić information content (AvgIpc) is 3.10. The first kappa shape index (κ1) is 12.9. The third-order valence-electron chi connectivity index (χ3n) is 3.10. The summed E-state index contributed by atoms with van der Waals surface area (Å²) in [5.41, 5.74) is 3.07. The van der Waals surface area contributed by atoms with Crippen molar-refractivity contribution in [3.8, 4) is 0 Å². The zero-order valence-corrected chi connectivity index (χ0v) is 11.5. The lowest BCUT2D eigenvalue weighted by Gasteiger charge is -2.00. The van der Waals surface area contributed by atoms with Gasteiger partial charge in [0.2, 0.25) is 0 Å². The maximum absolute atomic E-state index is 5.88. The minimum atomic E-state index is 0.693. The first-order chi connectivity index (χ1) is 9.81. The van der Waals surface area contributed by atoms with E-state index in [0.29, 0.717) is 6.42 Å². The van der Waals surface area contributed by atoms with E-state index in [0.717, 1.165) is 40.6 Å². The van der Waals surface area contributed by atoms with Crippen LogP contribution in [0.4, 0.5) is 0 Å². The van der Waals surface area contributed by atoms with Gasteiger partial charge in [0.05, 0.1) is 6.33 Å². The summed E-state index contributed by atoms with van der Waals surface area (Å²) in [4.78, 5) is 7.06. The van der Waals surface area contributed by atoms with Crippen molar-refractivity contribution in [2.75, 3.05) is 0 Å². The highest BCUT2D eigenvalue weighted by Gasteiger charge is 2.11. The maximum atomic E-state index is 5.88. The number of nitrogens with one attached hydrogen (secondary N) is 1. The van der Waals surface area contributed by atoms with E-state index in [-0.39, 0.29) is 0 Å². The number of rotatable bonds is 5. The molecule has 2 aromatic heterocycles. The second-order valence-electron chi connectivity index (χ2n) is 4.52. The summed E-state index contributed by atoms with van der Waals surface area (Å²) in [6, 6.07) is 7.70. The molecule has 0 atom stereocenters. The highest BCUT2D eigenvalue weighted by atomic mass is 35.5. The topological polar surface area (TPSA) is 67.6 Å². The van der Waals surface area contributed by atoms with Gasteiger partial charge in [0.15, 0.2) is 5.76 Å². The van der Waals surface area contributed by atoms with Crippen LogP contribution in [-0.4, -0.2) is 20.3 Å². The Labute approximate surface area is 121 Å². The van der Waals surface area contributed by atoms with E-state index in [1.54, 1.807) is 6.33 Å². The molecule has 2 heterocycles. The number of benzene rings is 1. The van der Waals surface area contributed by atoms with E-state index in [2.05, 4.69) is 20.3 Å². The highest BCUT2D eigenvalue weighted by molar-refractivity contribution is 6.30. The Morgan fingerprint density at radius 1 is 1.15 bits per heavy atom. The molecule has 0 aliphatic rings. The minimum Gasteiger partial charge on any atom is -0.348 e. The number of nitrogens with zero attached hydrogens (tertiary/aromatic N) is 3. The molecule has 5 nitrogen and oxygen atoms in total. The Morgan fingerprint density at radius 3 is 2.75 bits per heavy atom. The quantitative estimate of drug-likeness (QED) is 0.784. The number of H-pyrrole nitrogens is 1. The van der Waals surface area contributed by atoms with Gasteiger partial charge in [-0.05, 0) is 24.1 Å². The van der Waals surface area contributed by atoms with Crippen molar-refractivity contribution in [2.24, 2.45) is 0 Å². The molecule has 0 spiro atoms. The van der Waals surface area contributed by atoms with Crippen LogP contribution in [0.2, 0.25) is 5.02 Å². The van der Waals surface area contributed by atoms with Crippen molar-refractivity contribution in [3.05, 3.63) is 64.5 Å². The van der Waals surface area contributed by atoms with E-state index >= 15 is 0 Å². The molecular weight excluding hydrogens is 276 g/mol. The van der Waals surface area contributed by atoms with Gasteiger partial charge in [-0.15, -0.1) is 5.10 Å². The summed E-state index contributed by atoms with van der Waals surface area (Å²) >= 11 is 5.88. The predicted octanol–water partition coefficient (Wildman–Crippen LogP) is 2.82. The fourth-order valence-electron chi connectivity index (χ4n) is 2.02. The Morgan fingerprint density at radius 2 is 2.00 bits per heavy atom. The summed E-state index contributed by atoms with van der Waals surface area (Å²) < 4.78 is 5.24. The SMILES string of the molecule is Clc1ccc(Cc2nnoc2CCc2cnc[nH]2)cc1. The van der Waals surface area contributed by atoms with Gasteiger partial charge >= 0.3 is 0 Å². The molecule has 0 amide bonds. The van der Waals surface area contributed by atoms with Crippen LogP contribution in [-0.2, 0) is 19.3 Å². The van der Waals surface area contributed by atoms with Crippen molar-refractivity contribution in [1.29, 1.82) is 0 Å². The lowest BCUT2D eigenvalue weighted by atomic mass is 10.1. The van der Waals surface area contributed by atoms with Crippen LogP contribution in [0, 0.1) is 0 Å². The number of aromatic amines is 1. The number of aryl methyl sites for hydroxylation is 2. The fourth-order valence-corrected chi connectivity index (χ4v) is 2.14. The van der Waals surface area contributed by atoms with E-state index in [4.69, 9.17) is 16.1 Å². The molecule has 0 bridgehead atoms. The number of hydrogen-bond acceptors (Lipinski definition) is 4. The van der Waals surface area contributed by atoms with Gasteiger partial charge in [-0.25, -0.2) is 4.98 Å². The normalized spacial score (nSPS) is 10.8. The van der Waals surface area contributed by atoms with Crippen molar-refractivity contribution in [2.45, 2.75) is 19.3 Å². The summed E-state index contributed by atoms with van der Waals surface area (Å²) in [6.07, 6.45) is 5.74. The van der Waals surface area contributed by atoms with Crippen LogP contribution >= 0.6 is 11.6 Å². The highest BCUT2D eigenvalue weighted by Crippen LogP contribution is 2.16. The van der Waals surface area contributed by atoms with Gasteiger partial charge in [0.1, 0.15) is 5.69 Å². The van der Waals surface area contributed by atoms with Crippen LogP contribution in [0.15, 0.2) is 41.3 Å². The lowest BCUT2D eigenvalue weighted by Crippen LogP contribution is -1.97. The van der Waals surface area contributed by atoms with E-state index in [1.165, 1.54) is 0 Å². The van der Waals surface area contributed by atoms with Gasteiger partial charge in [-0.2, -0.15) is 0 Å². The summed E-state index contributed by atoms with van der Waals surface area (Å²) in [7, 11) is 0. The molecular formula is C14H13ClN4O. The summed E-state index contributed by atoms with van der Waals surface area (Å²) in [5.74, 6) is 0.814. The molecule has 20 heavy (non-hydrogen) atoms. The first-order valence-corrected chi connectivity index (χ1v) is 6.71. The zero-order chi connectivity index (χ0) is 13.8. The zero-order valence-electron chi connectivity index (χ0n) is 10.7. The largest absolute Gasteiger partial charge is 0.348 e. The van der Waals surface area contributed by atoms with Crippen molar-refractivity contribution in [1.82, 2.24) is 20.3 Å². The van der Waals surface area contributed by atoms with Gasteiger partial charge in [-0.1, -0.05) is 23.7 Å². The number of hydrogen-bond donors (Lipinski definition) is 1. The van der Waals surface area contributed by atoms with E-state index in [1.807, 2.05) is 30.5 Å². The lowest BCUT2D eigenvalue weighted by molar-refractivity contribution is 0.361. The van der Waals surface area contributed by atoms with Crippen LogP contribution in [0.3, 0.4) is 0 Å². The minimum absolute atomic E-state index is 0.693. The molecule has 6 heteroatoms. The van der Waals surface area contributed by atoms with Gasteiger partial charge in [-0.3, -0.25) is 0 Å². The molecule has 0 aliphatic carbocycles. The molecule has 3 aromatic rings. The molecule has 0 fully saturated rings. The van der Waals surface area contributed by atoms with Gasteiger partial charge < -0.3 is 9.51 Å². The van der Waals surface area contributed by atoms with Crippen molar-refractivity contribution in [3.63, 3.8) is 0 Å². The molecule has 0 aliphatic heterocycles. The molecule has 1 aromatic carbocycles. The standard InChI is InChI=1S/C14H13ClN4O/c15-11-3-1-10(2-4-11)7-13-14(20-19-18-13)6-5-12-8-16-9-17-12/h1-4,8-9H,5-7H2,(H,16,17). The third kappa shape index (κ3) is 3.05. The third-order valence-corrected chi connectivity index (χ3v) is 3.35. The summed E-state index contributed by atoms with van der Waals surface area (Å²) in [5, 5.41) is 8.45. The van der Waals surface area contributed by atoms with Crippen LogP contribution in [0.5, 0.6) is 0 Å². The maximum Gasteiger partial charge on any atom is 0.161 e. The van der Waals surface area contributed by atoms with Gasteiger partial charge in [0, 0.05) is 35.0 Å². The second kappa shape index (κ2) is 5.88. The van der Waals surface area contributed by atoms with E-state index in [9.17, 15) is 0 Å². The smallest absolute Gasteiger partial charge is 0.161 e. The van der Waals surface area contributed by atoms with E-state index < -0.39 is 0 Å². The Hall–Kier alpha value is -2.14. The second-order valence-corrected chi connectivity index (χ2v) is 4.96. The number of imidazole rings is 1. The van der Waals surface area contributed by atoms with Crippen molar-refractivity contribution < 1.29 is 4.52 Å². The molecule has 0 unspecified atom stereocenters. The Balaban J connectivity index is 1.68. The van der Waals surface area contributed by atoms with Crippen LogP contribution in [0.25, 0.3) is 0 Å². The monoisotopic (exact) mass is 288 g/mol. The fraction of sp³-hybridized carbons (Fsp3) is 0.214. The predicted molar refractivity (Wildman–Crippen MR) is 74.6 cm³/mol. The molecule has 0 radical (unpaired) electrons. The van der Waals surface area contributed by atoms with Gasteiger partial charge in [0.25, 0.3) is 0 Å². The molecule has 0 saturated heterocycles. The van der Waals surface area contributed by atoms with Crippen LogP contribution < -0.4 is 0 Å². The molecule has 3 rings (SSSR count). The first-order valence-electron chi connectivity index (χ1n) is 6.33. The molecule has 102 valence electrons. The number of aromatic nitrogens is 4. The summed E-state index contributed by atoms with van der Waals surface area (Å²) in [6.45, 7) is 0. The number of halogens is 1. The Bertz CT molecular complexity index is 661. The van der Waals surface area contributed by atoms with Crippen molar-refractivity contribution >= 4 is 11.6 Å².